The number of carbonyl (C=O) groups excluding carboxylic acids is 2. The number of hydrogen-bond acceptors (Lipinski definition) is 6. The summed E-state index contributed by atoms with van der Waals surface area (Å²) in [6.07, 6.45) is 1.69. The molecular weight excluding hydrogens is 334 g/mol. The molecule has 0 aliphatic carbocycles. The predicted molar refractivity (Wildman–Crippen MR) is 96.4 cm³/mol. The molecule has 0 unspecified atom stereocenters. The quantitative estimate of drug-likeness (QED) is 0.806. The molecule has 3 rings (SSSR count). The number of nitrogens with one attached hydrogen (secondary N) is 1. The van der Waals surface area contributed by atoms with Gasteiger partial charge < -0.3 is 14.7 Å². The lowest BCUT2D eigenvalue weighted by molar-refractivity contribution is -0.130. The van der Waals surface area contributed by atoms with Gasteiger partial charge in [0, 0.05) is 64.8 Å². The second kappa shape index (κ2) is 8.64. The van der Waals surface area contributed by atoms with Crippen LogP contribution in [-0.2, 0) is 16.1 Å². The Balaban J connectivity index is 1.34. The Labute approximate surface area is 154 Å². The molecule has 144 valence electrons. The van der Waals surface area contributed by atoms with Crippen molar-refractivity contribution in [3.8, 4) is 0 Å². The highest BCUT2D eigenvalue weighted by atomic mass is 16.5. The molecule has 1 aromatic heterocycles. The second-order valence-electron chi connectivity index (χ2n) is 7.33. The van der Waals surface area contributed by atoms with Crippen LogP contribution in [0.4, 0.5) is 0 Å². The van der Waals surface area contributed by atoms with Crippen molar-refractivity contribution in [1.29, 1.82) is 0 Å². The van der Waals surface area contributed by atoms with Crippen LogP contribution in [-0.4, -0.2) is 83.5 Å². The Kier molecular flexibility index (Phi) is 6.26. The van der Waals surface area contributed by atoms with Gasteiger partial charge in [-0.05, 0) is 19.8 Å². The van der Waals surface area contributed by atoms with Gasteiger partial charge in [-0.1, -0.05) is 5.16 Å². The third kappa shape index (κ3) is 5.28. The van der Waals surface area contributed by atoms with Crippen LogP contribution in [0.1, 0.15) is 31.2 Å². The second-order valence-corrected chi connectivity index (χ2v) is 7.33. The van der Waals surface area contributed by atoms with Crippen LogP contribution in [0.25, 0.3) is 0 Å². The highest BCUT2D eigenvalue weighted by Crippen LogP contribution is 2.11. The standard InChI is InChI=1S/C18H29N5O3/c1-14-11-17(20-26-14)12-21-7-9-22(10-8-21)13-18(25)19-16-3-5-23(6-4-16)15(2)24/h11,16H,3-10,12-13H2,1-2H3,(H,19,25). The van der Waals surface area contributed by atoms with Gasteiger partial charge in [0.1, 0.15) is 5.76 Å². The molecule has 0 radical (unpaired) electrons. The molecule has 26 heavy (non-hydrogen) atoms. The normalized spacial score (nSPS) is 20.3. The SMILES string of the molecule is CC(=O)N1CCC(NC(=O)CN2CCN(Cc3cc(C)on3)CC2)CC1. The van der Waals surface area contributed by atoms with Crippen molar-refractivity contribution < 1.29 is 14.1 Å². The van der Waals surface area contributed by atoms with Crippen LogP contribution in [0.15, 0.2) is 10.6 Å². The molecule has 0 aromatic carbocycles. The van der Waals surface area contributed by atoms with Gasteiger partial charge in [-0.15, -0.1) is 0 Å². The first kappa shape index (κ1) is 18.8. The summed E-state index contributed by atoms with van der Waals surface area (Å²) in [5, 5.41) is 7.16. The zero-order valence-corrected chi connectivity index (χ0v) is 15.7. The fourth-order valence-electron chi connectivity index (χ4n) is 3.64. The van der Waals surface area contributed by atoms with E-state index in [0.717, 1.165) is 70.1 Å². The first-order valence-corrected chi connectivity index (χ1v) is 9.41. The van der Waals surface area contributed by atoms with E-state index < -0.39 is 0 Å². The Hall–Kier alpha value is -1.93. The zero-order valence-electron chi connectivity index (χ0n) is 15.7. The van der Waals surface area contributed by atoms with E-state index in [-0.39, 0.29) is 17.9 Å². The molecule has 2 saturated heterocycles. The first-order valence-electron chi connectivity index (χ1n) is 9.41. The fourth-order valence-corrected chi connectivity index (χ4v) is 3.64. The van der Waals surface area contributed by atoms with Gasteiger partial charge >= 0.3 is 0 Å². The number of nitrogens with zero attached hydrogens (tertiary/aromatic N) is 4. The number of piperazine rings is 1. The highest BCUT2D eigenvalue weighted by Gasteiger charge is 2.24. The van der Waals surface area contributed by atoms with Crippen molar-refractivity contribution in [2.24, 2.45) is 0 Å². The van der Waals surface area contributed by atoms with Crippen LogP contribution >= 0.6 is 0 Å². The molecule has 1 N–H and O–H groups in total. The first-order chi connectivity index (χ1) is 12.5. The average Bonchev–Trinajstić information content (AvgIpc) is 3.02. The Morgan fingerprint density at radius 3 is 2.38 bits per heavy atom. The zero-order chi connectivity index (χ0) is 18.5. The topological polar surface area (TPSA) is 81.9 Å². The molecule has 0 bridgehead atoms. The maximum atomic E-state index is 12.3. The molecule has 8 heteroatoms. The van der Waals surface area contributed by atoms with Crippen LogP contribution in [0, 0.1) is 6.92 Å². The van der Waals surface area contributed by atoms with E-state index in [9.17, 15) is 9.59 Å². The summed E-state index contributed by atoms with van der Waals surface area (Å²) in [5.74, 6) is 1.05. The molecule has 8 nitrogen and oxygen atoms in total. The van der Waals surface area contributed by atoms with Gasteiger partial charge in [-0.25, -0.2) is 0 Å². The summed E-state index contributed by atoms with van der Waals surface area (Å²) in [6, 6.07) is 2.16. The fraction of sp³-hybridized carbons (Fsp3) is 0.722. The van der Waals surface area contributed by atoms with Crippen LogP contribution in [0.2, 0.25) is 0 Å². The number of aryl methyl sites for hydroxylation is 1. The van der Waals surface area contributed by atoms with Crippen molar-refractivity contribution in [2.45, 2.75) is 39.3 Å². The van der Waals surface area contributed by atoms with E-state index in [1.54, 1.807) is 6.92 Å². The predicted octanol–water partition coefficient (Wildman–Crippen LogP) is 0.228. The Morgan fingerprint density at radius 1 is 1.15 bits per heavy atom. The van der Waals surface area contributed by atoms with Crippen molar-refractivity contribution in [3.05, 3.63) is 17.5 Å². The summed E-state index contributed by atoms with van der Waals surface area (Å²) >= 11 is 0. The third-order valence-corrected chi connectivity index (χ3v) is 5.20. The monoisotopic (exact) mass is 363 g/mol. The maximum absolute atomic E-state index is 12.3. The number of aromatic nitrogens is 1. The molecule has 0 atom stereocenters. The molecule has 0 spiro atoms. The lowest BCUT2D eigenvalue weighted by Gasteiger charge is -2.35. The lowest BCUT2D eigenvalue weighted by atomic mass is 10.1. The van der Waals surface area contributed by atoms with Crippen molar-refractivity contribution in [3.63, 3.8) is 0 Å². The van der Waals surface area contributed by atoms with Crippen LogP contribution in [0.3, 0.4) is 0 Å². The van der Waals surface area contributed by atoms with E-state index in [0.29, 0.717) is 6.54 Å². The lowest BCUT2D eigenvalue weighted by Crippen LogP contribution is -2.51. The number of rotatable bonds is 5. The highest BCUT2D eigenvalue weighted by molar-refractivity contribution is 5.78. The maximum Gasteiger partial charge on any atom is 0.234 e. The Morgan fingerprint density at radius 2 is 1.81 bits per heavy atom. The summed E-state index contributed by atoms with van der Waals surface area (Å²) in [5.41, 5.74) is 0.964. The number of hydrogen-bond donors (Lipinski definition) is 1. The number of amides is 2. The summed E-state index contributed by atoms with van der Waals surface area (Å²) < 4.78 is 5.11. The van der Waals surface area contributed by atoms with Gasteiger partial charge in [0.2, 0.25) is 11.8 Å². The van der Waals surface area contributed by atoms with Crippen molar-refractivity contribution in [1.82, 2.24) is 25.2 Å². The summed E-state index contributed by atoms with van der Waals surface area (Å²) in [7, 11) is 0. The molecule has 0 saturated carbocycles. The number of carbonyl (C=O) groups is 2. The van der Waals surface area contributed by atoms with E-state index in [2.05, 4.69) is 20.3 Å². The van der Waals surface area contributed by atoms with Gasteiger partial charge in [0.15, 0.2) is 0 Å². The minimum absolute atomic E-state index is 0.0897. The van der Waals surface area contributed by atoms with Gasteiger partial charge in [0.05, 0.1) is 12.2 Å². The van der Waals surface area contributed by atoms with Gasteiger partial charge in [0.25, 0.3) is 0 Å². The summed E-state index contributed by atoms with van der Waals surface area (Å²) in [4.78, 5) is 30.0. The molecule has 2 amide bonds. The van der Waals surface area contributed by atoms with E-state index in [4.69, 9.17) is 4.52 Å². The summed E-state index contributed by atoms with van der Waals surface area (Å²) in [6.45, 7) is 9.84. The minimum Gasteiger partial charge on any atom is -0.361 e. The number of likely N-dealkylation sites (tertiary alicyclic amines) is 1. The van der Waals surface area contributed by atoms with Crippen molar-refractivity contribution in [2.75, 3.05) is 45.8 Å². The van der Waals surface area contributed by atoms with E-state index in [1.165, 1.54) is 0 Å². The van der Waals surface area contributed by atoms with Crippen LogP contribution < -0.4 is 5.32 Å². The van der Waals surface area contributed by atoms with E-state index in [1.807, 2.05) is 17.9 Å². The number of piperidine rings is 1. The molecule has 2 fully saturated rings. The largest absolute Gasteiger partial charge is 0.361 e. The molecule has 1 aromatic rings. The van der Waals surface area contributed by atoms with Gasteiger partial charge in [-0.2, -0.15) is 0 Å². The average molecular weight is 363 g/mol. The van der Waals surface area contributed by atoms with E-state index >= 15 is 0 Å². The van der Waals surface area contributed by atoms with Crippen molar-refractivity contribution >= 4 is 11.8 Å². The third-order valence-electron chi connectivity index (χ3n) is 5.20. The molecule has 3 heterocycles. The molecular formula is C18H29N5O3. The molecule has 2 aliphatic heterocycles. The van der Waals surface area contributed by atoms with Gasteiger partial charge in [-0.3, -0.25) is 19.4 Å². The Bertz CT molecular complexity index is 616. The smallest absolute Gasteiger partial charge is 0.234 e. The van der Waals surface area contributed by atoms with Crippen LogP contribution in [0.5, 0.6) is 0 Å². The minimum atomic E-state index is 0.0897. The molecule has 2 aliphatic rings.